The van der Waals surface area contributed by atoms with Crippen LogP contribution < -0.4 is 5.32 Å². The zero-order valence-electron chi connectivity index (χ0n) is 10.1. The first-order valence-electron chi connectivity index (χ1n) is 6.35. The van der Waals surface area contributed by atoms with Gasteiger partial charge in [0.2, 0.25) is 0 Å². The highest BCUT2D eigenvalue weighted by molar-refractivity contribution is 6.33. The zero-order chi connectivity index (χ0) is 12.4. The number of aromatic nitrogens is 2. The van der Waals surface area contributed by atoms with Crippen LogP contribution in [-0.4, -0.2) is 23.1 Å². The molecule has 1 aliphatic heterocycles. The van der Waals surface area contributed by atoms with E-state index >= 15 is 0 Å². The Hall–Kier alpha value is -1.32. The number of hydrogen-bond donors (Lipinski definition) is 2. The normalized spacial score (nSPS) is 16.9. The van der Waals surface area contributed by atoms with Crippen molar-refractivity contribution in [2.45, 2.75) is 18.8 Å². The summed E-state index contributed by atoms with van der Waals surface area (Å²) >= 11 is 6.26. The van der Waals surface area contributed by atoms with Crippen molar-refractivity contribution in [2.24, 2.45) is 0 Å². The molecule has 0 bridgehead atoms. The van der Waals surface area contributed by atoms with Gasteiger partial charge in [-0.25, -0.2) is 4.98 Å². The standard InChI is InChI=1S/C14H16ClN3/c15-12-4-2-1-3-11(12)14-13(17-9-18-14)10-5-7-16-8-6-10/h1-4,9-10,16H,5-8H2,(H,17,18). The van der Waals surface area contributed by atoms with Crippen LogP contribution in [0.3, 0.4) is 0 Å². The summed E-state index contributed by atoms with van der Waals surface area (Å²) in [5.74, 6) is 0.556. The van der Waals surface area contributed by atoms with Crippen molar-refractivity contribution < 1.29 is 0 Å². The van der Waals surface area contributed by atoms with Gasteiger partial charge < -0.3 is 10.3 Å². The number of piperidine rings is 1. The lowest BCUT2D eigenvalue weighted by atomic mass is 9.92. The van der Waals surface area contributed by atoms with Gasteiger partial charge in [0.05, 0.1) is 17.0 Å². The number of nitrogens with zero attached hydrogens (tertiary/aromatic N) is 1. The molecule has 0 amide bonds. The van der Waals surface area contributed by atoms with Gasteiger partial charge in [-0.15, -0.1) is 0 Å². The molecule has 1 saturated heterocycles. The van der Waals surface area contributed by atoms with Crippen LogP contribution in [0.15, 0.2) is 30.6 Å². The van der Waals surface area contributed by atoms with Crippen LogP contribution in [0.1, 0.15) is 24.5 Å². The topological polar surface area (TPSA) is 40.7 Å². The van der Waals surface area contributed by atoms with Crippen LogP contribution in [0.25, 0.3) is 11.3 Å². The molecule has 1 fully saturated rings. The summed E-state index contributed by atoms with van der Waals surface area (Å²) in [6.45, 7) is 2.15. The van der Waals surface area contributed by atoms with Crippen LogP contribution >= 0.6 is 11.6 Å². The molecule has 0 spiro atoms. The number of rotatable bonds is 2. The highest BCUT2D eigenvalue weighted by atomic mass is 35.5. The molecule has 2 aromatic rings. The average Bonchev–Trinajstić information content (AvgIpc) is 2.89. The molecule has 0 aliphatic carbocycles. The summed E-state index contributed by atoms with van der Waals surface area (Å²) in [5, 5.41) is 4.15. The minimum atomic E-state index is 0.556. The first-order chi connectivity index (χ1) is 8.86. The second-order valence-electron chi connectivity index (χ2n) is 4.67. The van der Waals surface area contributed by atoms with Crippen molar-refractivity contribution in [1.29, 1.82) is 0 Å². The largest absolute Gasteiger partial charge is 0.348 e. The van der Waals surface area contributed by atoms with E-state index in [1.165, 1.54) is 5.69 Å². The monoisotopic (exact) mass is 261 g/mol. The number of halogens is 1. The van der Waals surface area contributed by atoms with Crippen LogP contribution in [0, 0.1) is 0 Å². The Balaban J connectivity index is 1.98. The number of imidazole rings is 1. The van der Waals surface area contributed by atoms with Crippen LogP contribution in [0.4, 0.5) is 0 Å². The number of nitrogens with one attached hydrogen (secondary N) is 2. The average molecular weight is 262 g/mol. The van der Waals surface area contributed by atoms with Gasteiger partial charge in [-0.1, -0.05) is 29.8 Å². The molecule has 0 atom stereocenters. The summed E-state index contributed by atoms with van der Waals surface area (Å²) in [6, 6.07) is 7.89. The lowest BCUT2D eigenvalue weighted by Gasteiger charge is -2.22. The fraction of sp³-hybridized carbons (Fsp3) is 0.357. The van der Waals surface area contributed by atoms with E-state index in [-0.39, 0.29) is 0 Å². The van der Waals surface area contributed by atoms with E-state index in [9.17, 15) is 0 Å². The molecule has 4 heteroatoms. The van der Waals surface area contributed by atoms with Crippen LogP contribution in [0.5, 0.6) is 0 Å². The van der Waals surface area contributed by atoms with E-state index in [0.717, 1.165) is 42.2 Å². The third kappa shape index (κ3) is 2.16. The third-order valence-corrected chi connectivity index (χ3v) is 3.87. The molecule has 1 aromatic carbocycles. The summed E-state index contributed by atoms with van der Waals surface area (Å²) in [4.78, 5) is 7.77. The third-order valence-electron chi connectivity index (χ3n) is 3.55. The van der Waals surface area contributed by atoms with Crippen molar-refractivity contribution in [3.05, 3.63) is 41.3 Å². The lowest BCUT2D eigenvalue weighted by molar-refractivity contribution is 0.455. The number of benzene rings is 1. The fourth-order valence-electron chi connectivity index (χ4n) is 2.59. The maximum atomic E-state index is 6.26. The molecule has 2 heterocycles. The first kappa shape index (κ1) is 11.8. The predicted molar refractivity (Wildman–Crippen MR) is 73.9 cm³/mol. The highest BCUT2D eigenvalue weighted by Gasteiger charge is 2.21. The summed E-state index contributed by atoms with van der Waals surface area (Å²) in [7, 11) is 0. The summed E-state index contributed by atoms with van der Waals surface area (Å²) < 4.78 is 0. The maximum Gasteiger partial charge on any atom is 0.0930 e. The van der Waals surface area contributed by atoms with Gasteiger partial charge in [0, 0.05) is 17.2 Å². The SMILES string of the molecule is Clc1ccccc1-c1nc[nH]c1C1CCNCC1. The van der Waals surface area contributed by atoms with E-state index in [4.69, 9.17) is 11.6 Å². The minimum Gasteiger partial charge on any atom is -0.348 e. The molecule has 18 heavy (non-hydrogen) atoms. The quantitative estimate of drug-likeness (QED) is 0.872. The lowest BCUT2D eigenvalue weighted by Crippen LogP contribution is -2.27. The molecule has 3 nitrogen and oxygen atoms in total. The molecular weight excluding hydrogens is 246 g/mol. The minimum absolute atomic E-state index is 0.556. The van der Waals surface area contributed by atoms with Gasteiger partial charge >= 0.3 is 0 Å². The van der Waals surface area contributed by atoms with E-state index < -0.39 is 0 Å². The van der Waals surface area contributed by atoms with Crippen molar-refractivity contribution >= 4 is 11.6 Å². The molecular formula is C14H16ClN3. The maximum absolute atomic E-state index is 6.26. The molecule has 94 valence electrons. The van der Waals surface area contributed by atoms with Crippen molar-refractivity contribution in [1.82, 2.24) is 15.3 Å². The highest BCUT2D eigenvalue weighted by Crippen LogP contribution is 2.34. The van der Waals surface area contributed by atoms with E-state index in [1.807, 2.05) is 24.3 Å². The summed E-state index contributed by atoms with van der Waals surface area (Å²) in [5.41, 5.74) is 3.26. The molecule has 1 aromatic heterocycles. The Bertz CT molecular complexity index is 529. The molecule has 3 rings (SSSR count). The number of aromatic amines is 1. The Labute approximate surface area is 112 Å². The van der Waals surface area contributed by atoms with Gasteiger partial charge in [0.15, 0.2) is 0 Å². The molecule has 1 aliphatic rings. The smallest absolute Gasteiger partial charge is 0.0930 e. The fourth-order valence-corrected chi connectivity index (χ4v) is 2.82. The second-order valence-corrected chi connectivity index (χ2v) is 5.08. The second kappa shape index (κ2) is 5.12. The van der Waals surface area contributed by atoms with E-state index in [2.05, 4.69) is 15.3 Å². The Kier molecular flexibility index (Phi) is 3.35. The van der Waals surface area contributed by atoms with Crippen molar-refractivity contribution in [3.63, 3.8) is 0 Å². The molecule has 0 radical (unpaired) electrons. The Morgan fingerprint density at radius 2 is 1.94 bits per heavy atom. The first-order valence-corrected chi connectivity index (χ1v) is 6.73. The molecule has 0 saturated carbocycles. The zero-order valence-corrected chi connectivity index (χ0v) is 10.9. The molecule has 2 N–H and O–H groups in total. The molecule has 0 unspecified atom stereocenters. The van der Waals surface area contributed by atoms with Gasteiger partial charge in [0.1, 0.15) is 0 Å². The van der Waals surface area contributed by atoms with Crippen molar-refractivity contribution in [3.8, 4) is 11.3 Å². The van der Waals surface area contributed by atoms with Crippen LogP contribution in [-0.2, 0) is 0 Å². The van der Waals surface area contributed by atoms with Gasteiger partial charge in [0.25, 0.3) is 0 Å². The van der Waals surface area contributed by atoms with Gasteiger partial charge in [-0.3, -0.25) is 0 Å². The van der Waals surface area contributed by atoms with E-state index in [0.29, 0.717) is 5.92 Å². The van der Waals surface area contributed by atoms with Gasteiger partial charge in [-0.2, -0.15) is 0 Å². The van der Waals surface area contributed by atoms with Gasteiger partial charge in [-0.05, 0) is 32.0 Å². The van der Waals surface area contributed by atoms with E-state index in [1.54, 1.807) is 6.33 Å². The number of H-pyrrole nitrogens is 1. The summed E-state index contributed by atoms with van der Waals surface area (Å²) in [6.07, 6.45) is 4.08. The predicted octanol–water partition coefficient (Wildman–Crippen LogP) is 3.20. The van der Waals surface area contributed by atoms with Crippen LogP contribution in [0.2, 0.25) is 5.02 Å². The Morgan fingerprint density at radius 1 is 1.17 bits per heavy atom. The van der Waals surface area contributed by atoms with Crippen molar-refractivity contribution in [2.75, 3.05) is 13.1 Å². The number of hydrogen-bond acceptors (Lipinski definition) is 2. The Morgan fingerprint density at radius 3 is 2.72 bits per heavy atom.